The van der Waals surface area contributed by atoms with E-state index in [1.165, 1.54) is 12.1 Å². The van der Waals surface area contributed by atoms with Gasteiger partial charge in [-0.15, -0.1) is 0 Å². The van der Waals surface area contributed by atoms with E-state index < -0.39 is 24.5 Å². The van der Waals surface area contributed by atoms with Crippen molar-refractivity contribution in [2.24, 2.45) is 0 Å². The van der Waals surface area contributed by atoms with Crippen molar-refractivity contribution in [2.75, 3.05) is 13.2 Å². The first-order chi connectivity index (χ1) is 11.2. The van der Waals surface area contributed by atoms with Crippen LogP contribution in [0.2, 0.25) is 5.02 Å². The lowest BCUT2D eigenvalue weighted by Gasteiger charge is -2.11. The van der Waals surface area contributed by atoms with Gasteiger partial charge in [0.05, 0.1) is 17.2 Å². The number of halogens is 1. The molecule has 0 aromatic heterocycles. The van der Waals surface area contributed by atoms with Crippen LogP contribution in [0.3, 0.4) is 0 Å². The van der Waals surface area contributed by atoms with Crippen molar-refractivity contribution in [2.45, 2.75) is 26.8 Å². The van der Waals surface area contributed by atoms with Crippen molar-refractivity contribution in [1.82, 2.24) is 10.6 Å². The fourth-order valence-electron chi connectivity index (χ4n) is 1.63. The Labute approximate surface area is 144 Å². The predicted molar refractivity (Wildman–Crippen MR) is 86.4 cm³/mol. The lowest BCUT2D eigenvalue weighted by atomic mass is 10.2. The summed E-state index contributed by atoms with van der Waals surface area (Å²) < 4.78 is 9.95. The quantitative estimate of drug-likeness (QED) is 0.668. The zero-order valence-corrected chi connectivity index (χ0v) is 14.3. The highest BCUT2D eigenvalue weighted by Gasteiger charge is 2.17. The molecule has 0 fully saturated rings. The second-order valence-electron chi connectivity index (χ2n) is 4.99. The number of carbonyl (C=O) groups excluding carboxylic acids is 3. The van der Waals surface area contributed by atoms with Crippen LogP contribution in [-0.2, 0) is 9.53 Å². The third kappa shape index (κ3) is 5.96. The minimum Gasteiger partial charge on any atom is -0.503 e. The smallest absolute Gasteiger partial charge is 0.338 e. The zero-order valence-electron chi connectivity index (χ0n) is 13.5. The number of ether oxygens (including phenoxy) is 2. The van der Waals surface area contributed by atoms with E-state index in [-0.39, 0.29) is 34.7 Å². The Morgan fingerprint density at radius 3 is 2.54 bits per heavy atom. The Balaban J connectivity index is 2.65. The molecule has 1 rings (SSSR count). The number of nitrogens with one attached hydrogen (secondary N) is 2. The van der Waals surface area contributed by atoms with Crippen molar-refractivity contribution in [3.8, 4) is 11.5 Å². The predicted octanol–water partition coefficient (Wildman–Crippen LogP) is 1.84. The first-order valence-electron chi connectivity index (χ1n) is 7.17. The number of rotatable bonds is 6. The molecule has 0 aliphatic rings. The van der Waals surface area contributed by atoms with Crippen LogP contribution < -0.4 is 15.4 Å². The number of imide groups is 1. The Bertz CT molecular complexity index is 633. The summed E-state index contributed by atoms with van der Waals surface area (Å²) >= 11 is 5.81. The van der Waals surface area contributed by atoms with Gasteiger partial charge < -0.3 is 19.9 Å². The lowest BCUT2D eigenvalue weighted by molar-refractivity contribution is -0.123. The molecule has 9 heteroatoms. The van der Waals surface area contributed by atoms with Gasteiger partial charge in [-0.2, -0.15) is 0 Å². The van der Waals surface area contributed by atoms with E-state index in [0.717, 1.165) is 0 Å². The van der Waals surface area contributed by atoms with Crippen LogP contribution in [0, 0.1) is 0 Å². The maximum atomic E-state index is 11.9. The first kappa shape index (κ1) is 19.6. The van der Waals surface area contributed by atoms with Crippen LogP contribution in [0.25, 0.3) is 0 Å². The Morgan fingerprint density at radius 2 is 1.96 bits per heavy atom. The summed E-state index contributed by atoms with van der Waals surface area (Å²) in [4.78, 5) is 34.8. The molecule has 0 saturated carbocycles. The van der Waals surface area contributed by atoms with Gasteiger partial charge in [0.15, 0.2) is 18.1 Å². The monoisotopic (exact) mass is 358 g/mol. The average molecular weight is 359 g/mol. The number of hydrogen-bond donors (Lipinski definition) is 3. The van der Waals surface area contributed by atoms with Gasteiger partial charge in [0.1, 0.15) is 0 Å². The van der Waals surface area contributed by atoms with Crippen LogP contribution in [-0.4, -0.2) is 42.3 Å². The molecule has 0 bridgehead atoms. The minimum atomic E-state index is -0.850. The third-order valence-electron chi connectivity index (χ3n) is 2.57. The standard InChI is InChI=1S/C15H19ClN2O6/c1-4-23-11-6-9(5-10(16)13(11)20)14(21)24-7-12(19)18-15(22)17-8(2)3/h5-6,8,20H,4,7H2,1-3H3,(H2,17,18,19,22). The molecular weight excluding hydrogens is 340 g/mol. The van der Waals surface area contributed by atoms with E-state index in [9.17, 15) is 19.5 Å². The first-order valence-corrected chi connectivity index (χ1v) is 7.55. The molecule has 3 N–H and O–H groups in total. The Hall–Kier alpha value is -2.48. The fourth-order valence-corrected chi connectivity index (χ4v) is 1.84. The fraction of sp³-hybridized carbons (Fsp3) is 0.400. The second-order valence-corrected chi connectivity index (χ2v) is 5.40. The van der Waals surface area contributed by atoms with Gasteiger partial charge in [0, 0.05) is 6.04 Å². The second kappa shape index (κ2) is 8.97. The zero-order chi connectivity index (χ0) is 18.3. The molecule has 0 aliphatic heterocycles. The molecule has 1 aromatic rings. The molecule has 24 heavy (non-hydrogen) atoms. The summed E-state index contributed by atoms with van der Waals surface area (Å²) in [6.45, 7) is 4.77. The van der Waals surface area contributed by atoms with Crippen LogP contribution in [0.5, 0.6) is 11.5 Å². The highest BCUT2D eigenvalue weighted by atomic mass is 35.5. The number of phenols is 1. The maximum Gasteiger partial charge on any atom is 0.338 e. The Kier molecular flexibility index (Phi) is 7.31. The molecular formula is C15H19ClN2O6. The third-order valence-corrected chi connectivity index (χ3v) is 2.86. The molecule has 1 aromatic carbocycles. The van der Waals surface area contributed by atoms with Gasteiger partial charge in [0.25, 0.3) is 5.91 Å². The van der Waals surface area contributed by atoms with Crippen LogP contribution in [0.4, 0.5) is 4.79 Å². The molecule has 132 valence electrons. The van der Waals surface area contributed by atoms with E-state index in [1.807, 2.05) is 5.32 Å². The SMILES string of the molecule is CCOc1cc(C(=O)OCC(=O)NC(=O)NC(C)C)cc(Cl)c1O. The number of phenolic OH excluding ortho intramolecular Hbond substituents is 1. The van der Waals surface area contributed by atoms with Crippen molar-refractivity contribution in [3.63, 3.8) is 0 Å². The van der Waals surface area contributed by atoms with Crippen LogP contribution >= 0.6 is 11.6 Å². The molecule has 0 atom stereocenters. The molecule has 0 heterocycles. The molecule has 0 unspecified atom stereocenters. The normalized spacial score (nSPS) is 10.2. The summed E-state index contributed by atoms with van der Waals surface area (Å²) in [5, 5.41) is 14.1. The average Bonchev–Trinajstić information content (AvgIpc) is 2.48. The summed E-state index contributed by atoms with van der Waals surface area (Å²) in [6, 6.07) is 1.61. The number of amides is 3. The number of urea groups is 1. The Morgan fingerprint density at radius 1 is 1.29 bits per heavy atom. The summed E-state index contributed by atoms with van der Waals surface area (Å²) in [6.07, 6.45) is 0. The summed E-state index contributed by atoms with van der Waals surface area (Å²) in [5.41, 5.74) is 0.000631. The molecule has 0 radical (unpaired) electrons. The van der Waals surface area contributed by atoms with Gasteiger partial charge in [-0.25, -0.2) is 9.59 Å². The minimum absolute atomic E-state index is 0.000631. The van der Waals surface area contributed by atoms with E-state index in [4.69, 9.17) is 21.1 Å². The van der Waals surface area contributed by atoms with Crippen molar-refractivity contribution in [3.05, 3.63) is 22.7 Å². The van der Waals surface area contributed by atoms with Crippen molar-refractivity contribution < 1.29 is 29.0 Å². The van der Waals surface area contributed by atoms with Crippen LogP contribution in [0.1, 0.15) is 31.1 Å². The van der Waals surface area contributed by atoms with E-state index in [0.29, 0.717) is 0 Å². The van der Waals surface area contributed by atoms with E-state index >= 15 is 0 Å². The van der Waals surface area contributed by atoms with Gasteiger partial charge in [-0.05, 0) is 32.9 Å². The number of aromatic hydroxyl groups is 1. The molecule has 0 aliphatic carbocycles. The molecule has 0 saturated heterocycles. The van der Waals surface area contributed by atoms with Crippen molar-refractivity contribution >= 4 is 29.5 Å². The topological polar surface area (TPSA) is 114 Å². The summed E-state index contributed by atoms with van der Waals surface area (Å²) in [7, 11) is 0. The molecule has 3 amide bonds. The van der Waals surface area contributed by atoms with Gasteiger partial charge >= 0.3 is 12.0 Å². The van der Waals surface area contributed by atoms with Crippen molar-refractivity contribution in [1.29, 1.82) is 0 Å². The number of carbonyl (C=O) groups is 3. The molecule has 0 spiro atoms. The van der Waals surface area contributed by atoms with Crippen LogP contribution in [0.15, 0.2) is 12.1 Å². The lowest BCUT2D eigenvalue weighted by Crippen LogP contribution is -2.44. The highest BCUT2D eigenvalue weighted by molar-refractivity contribution is 6.32. The van der Waals surface area contributed by atoms with Gasteiger partial charge in [-0.3, -0.25) is 10.1 Å². The summed E-state index contributed by atoms with van der Waals surface area (Å²) in [5.74, 6) is -1.90. The number of benzene rings is 1. The van der Waals surface area contributed by atoms with E-state index in [1.54, 1.807) is 20.8 Å². The maximum absolute atomic E-state index is 11.9. The number of esters is 1. The number of hydrogen-bond acceptors (Lipinski definition) is 6. The molecule has 8 nitrogen and oxygen atoms in total. The van der Waals surface area contributed by atoms with Gasteiger partial charge in [-0.1, -0.05) is 11.6 Å². The highest BCUT2D eigenvalue weighted by Crippen LogP contribution is 2.35. The van der Waals surface area contributed by atoms with Gasteiger partial charge in [0.2, 0.25) is 0 Å². The van der Waals surface area contributed by atoms with E-state index in [2.05, 4.69) is 5.32 Å². The largest absolute Gasteiger partial charge is 0.503 e.